The zero-order valence-electron chi connectivity index (χ0n) is 17.5. The molecule has 1 aliphatic heterocycles. The number of nitrogens with zero attached hydrogens (tertiary/aromatic N) is 3. The third kappa shape index (κ3) is 4.56. The number of hydrogen-bond acceptors (Lipinski definition) is 6. The molecule has 0 spiro atoms. The minimum Gasteiger partial charge on any atom is -0.397 e. The zero-order chi connectivity index (χ0) is 22.0. The Labute approximate surface area is 181 Å². The van der Waals surface area contributed by atoms with Crippen LogP contribution in [-0.4, -0.2) is 34.9 Å². The van der Waals surface area contributed by atoms with Crippen LogP contribution in [0.1, 0.15) is 34.5 Å². The van der Waals surface area contributed by atoms with Crippen molar-refractivity contribution in [2.45, 2.75) is 32.2 Å². The maximum Gasteiger partial charge on any atom is 0.187 e. The van der Waals surface area contributed by atoms with Crippen molar-refractivity contribution >= 4 is 17.2 Å². The number of halogens is 1. The fourth-order valence-corrected chi connectivity index (χ4v) is 4.11. The second-order valence-corrected chi connectivity index (χ2v) is 8.05. The summed E-state index contributed by atoms with van der Waals surface area (Å²) in [6.07, 6.45) is 5.61. The van der Waals surface area contributed by atoms with Crippen LogP contribution >= 0.6 is 0 Å². The maximum absolute atomic E-state index is 13.5. The average molecular weight is 420 g/mol. The standard InChI is InChI=1S/C24H26FN5O/c1-15-11-17(25)4-5-19(15)21-7-6-20(27)24(29-21)23(31)12-16-13-28-9-8-22(16)30-10-2-3-18(26)14-30/h4-9,11,13,18H,2-3,10,12,14,26-27H2,1H3/t18-/m0/s1. The fourth-order valence-electron chi connectivity index (χ4n) is 4.11. The van der Waals surface area contributed by atoms with E-state index in [2.05, 4.69) is 14.9 Å². The van der Waals surface area contributed by atoms with Crippen molar-refractivity contribution in [3.05, 3.63) is 71.4 Å². The van der Waals surface area contributed by atoms with Crippen molar-refractivity contribution in [2.75, 3.05) is 23.7 Å². The molecule has 1 aromatic carbocycles. The lowest BCUT2D eigenvalue weighted by Gasteiger charge is -2.33. The lowest BCUT2D eigenvalue weighted by Crippen LogP contribution is -2.43. The molecule has 1 saturated heterocycles. The summed E-state index contributed by atoms with van der Waals surface area (Å²) in [4.78, 5) is 24.1. The number of carbonyl (C=O) groups excluding carboxylic acids is 1. The molecule has 1 aliphatic rings. The van der Waals surface area contributed by atoms with Gasteiger partial charge >= 0.3 is 0 Å². The Hall–Kier alpha value is -3.32. The first-order valence-corrected chi connectivity index (χ1v) is 10.4. The number of rotatable bonds is 5. The quantitative estimate of drug-likeness (QED) is 0.614. The van der Waals surface area contributed by atoms with E-state index in [1.807, 2.05) is 13.0 Å². The number of aromatic nitrogens is 2. The first kappa shape index (κ1) is 20.9. The molecular formula is C24H26FN5O. The van der Waals surface area contributed by atoms with Gasteiger partial charge in [0.15, 0.2) is 5.78 Å². The van der Waals surface area contributed by atoms with Crippen molar-refractivity contribution < 1.29 is 9.18 Å². The van der Waals surface area contributed by atoms with Gasteiger partial charge in [-0.25, -0.2) is 9.37 Å². The van der Waals surface area contributed by atoms with Crippen LogP contribution in [0.2, 0.25) is 0 Å². The monoisotopic (exact) mass is 419 g/mol. The average Bonchev–Trinajstić information content (AvgIpc) is 2.75. The van der Waals surface area contributed by atoms with Crippen LogP contribution in [0.3, 0.4) is 0 Å². The Morgan fingerprint density at radius 1 is 1.26 bits per heavy atom. The summed E-state index contributed by atoms with van der Waals surface area (Å²) in [6.45, 7) is 3.47. The molecule has 0 amide bonds. The number of benzene rings is 1. The Kier molecular flexibility index (Phi) is 5.95. The SMILES string of the molecule is Cc1cc(F)ccc1-c1ccc(N)c(C(=O)Cc2cnccc2N2CCC[C@H](N)C2)n1. The highest BCUT2D eigenvalue weighted by atomic mass is 19.1. The molecule has 0 unspecified atom stereocenters. The smallest absolute Gasteiger partial charge is 0.187 e. The molecule has 1 atom stereocenters. The van der Waals surface area contributed by atoms with Gasteiger partial charge in [0, 0.05) is 54.8 Å². The van der Waals surface area contributed by atoms with Crippen LogP contribution in [-0.2, 0) is 6.42 Å². The first-order valence-electron chi connectivity index (χ1n) is 10.4. The number of nitrogen functional groups attached to an aromatic ring is 1. The maximum atomic E-state index is 13.5. The van der Waals surface area contributed by atoms with Crippen molar-refractivity contribution in [3.63, 3.8) is 0 Å². The summed E-state index contributed by atoms with van der Waals surface area (Å²) >= 11 is 0. The highest BCUT2D eigenvalue weighted by molar-refractivity contribution is 6.01. The van der Waals surface area contributed by atoms with E-state index in [9.17, 15) is 9.18 Å². The molecule has 3 heterocycles. The number of ketones is 1. The molecule has 0 bridgehead atoms. The molecule has 7 heteroatoms. The van der Waals surface area contributed by atoms with E-state index >= 15 is 0 Å². The molecule has 4 rings (SSSR count). The molecule has 0 aliphatic carbocycles. The molecule has 2 aromatic heterocycles. The van der Waals surface area contributed by atoms with Gasteiger partial charge in [0.25, 0.3) is 0 Å². The van der Waals surface area contributed by atoms with E-state index in [0.717, 1.165) is 48.3 Å². The predicted molar refractivity (Wildman–Crippen MR) is 120 cm³/mol. The van der Waals surface area contributed by atoms with Gasteiger partial charge in [0.05, 0.1) is 11.4 Å². The van der Waals surface area contributed by atoms with Gasteiger partial charge in [-0.2, -0.15) is 0 Å². The molecule has 4 N–H and O–H groups in total. The normalized spacial score (nSPS) is 16.4. The summed E-state index contributed by atoms with van der Waals surface area (Å²) in [5.74, 6) is -0.496. The Bertz CT molecular complexity index is 1120. The van der Waals surface area contributed by atoms with Crippen LogP contribution in [0.5, 0.6) is 0 Å². The van der Waals surface area contributed by atoms with Crippen molar-refractivity contribution in [2.24, 2.45) is 5.73 Å². The lowest BCUT2D eigenvalue weighted by molar-refractivity contribution is 0.0989. The molecule has 6 nitrogen and oxygen atoms in total. The first-order chi connectivity index (χ1) is 14.9. The summed E-state index contributed by atoms with van der Waals surface area (Å²) in [6, 6.07) is 9.96. The van der Waals surface area contributed by atoms with Gasteiger partial charge in [-0.15, -0.1) is 0 Å². The summed E-state index contributed by atoms with van der Waals surface area (Å²) < 4.78 is 13.5. The minimum atomic E-state index is -0.311. The van der Waals surface area contributed by atoms with Gasteiger partial charge < -0.3 is 16.4 Å². The number of pyridine rings is 2. The third-order valence-corrected chi connectivity index (χ3v) is 5.68. The highest BCUT2D eigenvalue weighted by Crippen LogP contribution is 2.27. The molecule has 0 saturated carbocycles. The van der Waals surface area contributed by atoms with Crippen molar-refractivity contribution in [1.29, 1.82) is 0 Å². The zero-order valence-corrected chi connectivity index (χ0v) is 17.5. The number of Topliss-reactive ketones (excluding diaryl/α,β-unsaturated/α-hetero) is 1. The largest absolute Gasteiger partial charge is 0.397 e. The number of piperidine rings is 1. The molecular weight excluding hydrogens is 393 g/mol. The Morgan fingerprint density at radius 3 is 2.87 bits per heavy atom. The van der Waals surface area contributed by atoms with E-state index in [1.54, 1.807) is 30.6 Å². The van der Waals surface area contributed by atoms with E-state index < -0.39 is 0 Å². The number of carbonyl (C=O) groups is 1. The van der Waals surface area contributed by atoms with Gasteiger partial charge in [0.2, 0.25) is 0 Å². The molecule has 160 valence electrons. The lowest BCUT2D eigenvalue weighted by atomic mass is 10.0. The number of anilines is 2. The minimum absolute atomic E-state index is 0.124. The van der Waals surface area contributed by atoms with Gasteiger partial charge in [-0.1, -0.05) is 0 Å². The van der Waals surface area contributed by atoms with Gasteiger partial charge in [-0.05, 0) is 61.7 Å². The fraction of sp³-hybridized carbons (Fsp3) is 0.292. The summed E-state index contributed by atoms with van der Waals surface area (Å²) in [7, 11) is 0. The topological polar surface area (TPSA) is 98.1 Å². The van der Waals surface area contributed by atoms with E-state index in [0.29, 0.717) is 11.4 Å². The molecule has 1 fully saturated rings. The number of hydrogen-bond donors (Lipinski definition) is 2. The predicted octanol–water partition coefficient (Wildman–Crippen LogP) is 3.53. The number of nitrogens with two attached hydrogens (primary N) is 2. The Morgan fingerprint density at radius 2 is 2.10 bits per heavy atom. The molecule has 0 radical (unpaired) electrons. The second-order valence-electron chi connectivity index (χ2n) is 8.05. The summed E-state index contributed by atoms with van der Waals surface area (Å²) in [5.41, 5.74) is 16.7. The van der Waals surface area contributed by atoms with Crippen molar-refractivity contribution in [1.82, 2.24) is 9.97 Å². The van der Waals surface area contributed by atoms with E-state index in [4.69, 9.17) is 11.5 Å². The summed E-state index contributed by atoms with van der Waals surface area (Å²) in [5, 5.41) is 0. The van der Waals surface area contributed by atoms with E-state index in [-0.39, 0.29) is 29.8 Å². The van der Waals surface area contributed by atoms with Crippen LogP contribution in [0.25, 0.3) is 11.3 Å². The Balaban J connectivity index is 1.63. The van der Waals surface area contributed by atoms with Crippen LogP contribution in [0.4, 0.5) is 15.8 Å². The van der Waals surface area contributed by atoms with Gasteiger partial charge in [0.1, 0.15) is 11.5 Å². The molecule has 3 aromatic rings. The van der Waals surface area contributed by atoms with Gasteiger partial charge in [-0.3, -0.25) is 9.78 Å². The highest BCUT2D eigenvalue weighted by Gasteiger charge is 2.22. The van der Waals surface area contributed by atoms with Crippen LogP contribution in [0, 0.1) is 12.7 Å². The van der Waals surface area contributed by atoms with Crippen molar-refractivity contribution in [3.8, 4) is 11.3 Å². The van der Waals surface area contributed by atoms with Crippen LogP contribution in [0.15, 0.2) is 48.8 Å². The number of aryl methyl sites for hydroxylation is 1. The third-order valence-electron chi connectivity index (χ3n) is 5.68. The van der Waals surface area contributed by atoms with E-state index in [1.165, 1.54) is 12.1 Å². The second kappa shape index (κ2) is 8.81. The van der Waals surface area contributed by atoms with Crippen LogP contribution < -0.4 is 16.4 Å². The molecule has 31 heavy (non-hydrogen) atoms.